The fourth-order valence-corrected chi connectivity index (χ4v) is 1.48. The van der Waals surface area contributed by atoms with Gasteiger partial charge in [-0.1, -0.05) is 13.8 Å². The van der Waals surface area contributed by atoms with Gasteiger partial charge in [0.2, 0.25) is 0 Å². The first kappa shape index (κ1) is 15.1. The summed E-state index contributed by atoms with van der Waals surface area (Å²) >= 11 is 0. The van der Waals surface area contributed by atoms with E-state index >= 15 is 0 Å². The Labute approximate surface area is 109 Å². The molecule has 1 aromatic heterocycles. The van der Waals surface area contributed by atoms with E-state index in [9.17, 15) is 0 Å². The third-order valence-electron chi connectivity index (χ3n) is 2.40. The van der Waals surface area contributed by atoms with Gasteiger partial charge in [-0.25, -0.2) is 4.98 Å². The molecule has 0 fully saturated rings. The fraction of sp³-hybridized carbons (Fsp3) is 0.769. The first-order chi connectivity index (χ1) is 8.72. The third kappa shape index (κ3) is 6.74. The molecule has 5 heteroatoms. The van der Waals surface area contributed by atoms with Gasteiger partial charge >= 0.3 is 0 Å². The second-order valence-corrected chi connectivity index (χ2v) is 4.48. The van der Waals surface area contributed by atoms with Crippen LogP contribution in [0.1, 0.15) is 31.9 Å². The lowest BCUT2D eigenvalue weighted by Gasteiger charge is -2.05. The maximum absolute atomic E-state index is 5.57. The number of nitrogens with zero attached hydrogens (tertiary/aromatic N) is 1. The highest BCUT2D eigenvalue weighted by molar-refractivity contribution is 4.92. The number of oxazole rings is 1. The van der Waals surface area contributed by atoms with E-state index < -0.39 is 0 Å². The molecule has 0 unspecified atom stereocenters. The highest BCUT2D eigenvalue weighted by Crippen LogP contribution is 2.07. The van der Waals surface area contributed by atoms with Crippen molar-refractivity contribution < 1.29 is 13.9 Å². The van der Waals surface area contributed by atoms with E-state index in [2.05, 4.69) is 24.1 Å². The molecule has 1 N–H and O–H groups in total. The van der Waals surface area contributed by atoms with Gasteiger partial charge in [0.05, 0.1) is 19.4 Å². The molecule has 0 bridgehead atoms. The Bertz CT molecular complexity index is 313. The van der Waals surface area contributed by atoms with Gasteiger partial charge in [0, 0.05) is 19.6 Å². The maximum Gasteiger partial charge on any atom is 0.194 e. The summed E-state index contributed by atoms with van der Waals surface area (Å²) in [6.07, 6.45) is 3.62. The summed E-state index contributed by atoms with van der Waals surface area (Å²) in [5.74, 6) is 1.56. The Kier molecular flexibility index (Phi) is 7.64. The molecular formula is C13H24N2O3. The first-order valence-corrected chi connectivity index (χ1v) is 6.46. The number of methoxy groups -OCH3 is 1. The number of aryl methyl sites for hydroxylation is 1. The molecule has 0 saturated heterocycles. The molecule has 104 valence electrons. The van der Waals surface area contributed by atoms with Gasteiger partial charge in [0.1, 0.15) is 12.4 Å². The SMILES string of the molecule is COCCOCc1cnc(CCCNC(C)C)o1. The number of hydrogen-bond donors (Lipinski definition) is 1. The average molecular weight is 256 g/mol. The van der Waals surface area contributed by atoms with E-state index in [1.54, 1.807) is 13.3 Å². The van der Waals surface area contributed by atoms with Gasteiger partial charge in [-0.3, -0.25) is 0 Å². The number of hydrogen-bond acceptors (Lipinski definition) is 5. The molecule has 5 nitrogen and oxygen atoms in total. The lowest BCUT2D eigenvalue weighted by Crippen LogP contribution is -2.23. The Morgan fingerprint density at radius 3 is 2.94 bits per heavy atom. The number of aromatic nitrogens is 1. The second kappa shape index (κ2) is 9.08. The van der Waals surface area contributed by atoms with Crippen LogP contribution in [0.15, 0.2) is 10.6 Å². The summed E-state index contributed by atoms with van der Waals surface area (Å²) in [7, 11) is 1.65. The van der Waals surface area contributed by atoms with Crippen molar-refractivity contribution in [3.05, 3.63) is 17.8 Å². The smallest absolute Gasteiger partial charge is 0.194 e. The highest BCUT2D eigenvalue weighted by Gasteiger charge is 2.04. The van der Waals surface area contributed by atoms with Gasteiger partial charge in [-0.05, 0) is 13.0 Å². The summed E-state index contributed by atoms with van der Waals surface area (Å²) in [6.45, 7) is 6.90. The molecule has 0 saturated carbocycles. The minimum Gasteiger partial charge on any atom is -0.443 e. The van der Waals surface area contributed by atoms with Gasteiger partial charge in [-0.15, -0.1) is 0 Å². The van der Waals surface area contributed by atoms with Crippen molar-refractivity contribution in [1.29, 1.82) is 0 Å². The summed E-state index contributed by atoms with van der Waals surface area (Å²) in [6, 6.07) is 0.527. The van der Waals surface area contributed by atoms with Crippen molar-refractivity contribution in [2.75, 3.05) is 26.9 Å². The highest BCUT2D eigenvalue weighted by atomic mass is 16.5. The number of rotatable bonds is 10. The second-order valence-electron chi connectivity index (χ2n) is 4.48. The molecule has 1 aromatic rings. The molecule has 0 radical (unpaired) electrons. The molecule has 0 spiro atoms. The van der Waals surface area contributed by atoms with Crippen LogP contribution >= 0.6 is 0 Å². The van der Waals surface area contributed by atoms with E-state index in [4.69, 9.17) is 13.9 Å². The molecular weight excluding hydrogens is 232 g/mol. The predicted molar refractivity (Wildman–Crippen MR) is 69.5 cm³/mol. The summed E-state index contributed by atoms with van der Waals surface area (Å²) in [5.41, 5.74) is 0. The van der Waals surface area contributed by atoms with Crippen molar-refractivity contribution in [3.8, 4) is 0 Å². The van der Waals surface area contributed by atoms with Crippen LogP contribution in [-0.4, -0.2) is 37.9 Å². The van der Waals surface area contributed by atoms with E-state index in [1.165, 1.54) is 0 Å². The maximum atomic E-state index is 5.57. The van der Waals surface area contributed by atoms with Crippen molar-refractivity contribution in [3.63, 3.8) is 0 Å². The molecule has 0 atom stereocenters. The predicted octanol–water partition coefficient (Wildman–Crippen LogP) is 1.77. The summed E-state index contributed by atoms with van der Waals surface area (Å²) in [5, 5.41) is 3.36. The molecule has 1 rings (SSSR count). The standard InChI is InChI=1S/C13H24N2O3/c1-11(2)14-6-4-5-13-15-9-12(18-13)10-17-8-7-16-3/h9,11,14H,4-8,10H2,1-3H3. The Morgan fingerprint density at radius 2 is 2.22 bits per heavy atom. The molecule has 0 aliphatic rings. The van der Waals surface area contributed by atoms with Crippen LogP contribution < -0.4 is 5.32 Å². The summed E-state index contributed by atoms with van der Waals surface area (Å²) < 4.78 is 15.8. The number of nitrogens with one attached hydrogen (secondary N) is 1. The zero-order valence-corrected chi connectivity index (χ0v) is 11.6. The van der Waals surface area contributed by atoms with E-state index in [-0.39, 0.29) is 0 Å². The normalized spacial score (nSPS) is 11.3. The quantitative estimate of drug-likeness (QED) is 0.647. The van der Waals surface area contributed by atoms with Crippen molar-refractivity contribution >= 4 is 0 Å². The van der Waals surface area contributed by atoms with Crippen LogP contribution in [0.2, 0.25) is 0 Å². The van der Waals surface area contributed by atoms with Crippen LogP contribution in [-0.2, 0) is 22.5 Å². The van der Waals surface area contributed by atoms with Crippen LogP contribution in [0.5, 0.6) is 0 Å². The monoisotopic (exact) mass is 256 g/mol. The van der Waals surface area contributed by atoms with Gasteiger partial charge in [0.25, 0.3) is 0 Å². The van der Waals surface area contributed by atoms with Crippen LogP contribution in [0.4, 0.5) is 0 Å². The Morgan fingerprint density at radius 1 is 1.39 bits per heavy atom. The Balaban J connectivity index is 2.13. The molecule has 18 heavy (non-hydrogen) atoms. The lowest BCUT2D eigenvalue weighted by molar-refractivity contribution is 0.0534. The topological polar surface area (TPSA) is 56.5 Å². The van der Waals surface area contributed by atoms with Crippen molar-refractivity contribution in [1.82, 2.24) is 10.3 Å². The Hall–Kier alpha value is -0.910. The zero-order chi connectivity index (χ0) is 13.2. The lowest BCUT2D eigenvalue weighted by atomic mass is 10.3. The number of ether oxygens (including phenoxy) is 2. The molecule has 0 aromatic carbocycles. The van der Waals surface area contributed by atoms with Crippen LogP contribution in [0.25, 0.3) is 0 Å². The first-order valence-electron chi connectivity index (χ1n) is 6.46. The molecule has 0 amide bonds. The van der Waals surface area contributed by atoms with Crippen LogP contribution in [0.3, 0.4) is 0 Å². The van der Waals surface area contributed by atoms with Crippen LogP contribution in [0, 0.1) is 0 Å². The zero-order valence-electron chi connectivity index (χ0n) is 11.6. The largest absolute Gasteiger partial charge is 0.443 e. The fourth-order valence-electron chi connectivity index (χ4n) is 1.48. The summed E-state index contributed by atoms with van der Waals surface area (Å²) in [4.78, 5) is 4.23. The minimum absolute atomic E-state index is 0.459. The van der Waals surface area contributed by atoms with E-state index in [1.807, 2.05) is 0 Å². The molecule has 1 heterocycles. The average Bonchev–Trinajstić information content (AvgIpc) is 2.78. The third-order valence-corrected chi connectivity index (χ3v) is 2.40. The van der Waals surface area contributed by atoms with E-state index in [0.29, 0.717) is 25.9 Å². The van der Waals surface area contributed by atoms with Crippen molar-refractivity contribution in [2.24, 2.45) is 0 Å². The van der Waals surface area contributed by atoms with E-state index in [0.717, 1.165) is 31.0 Å². The molecule has 0 aliphatic heterocycles. The van der Waals surface area contributed by atoms with Gasteiger partial charge in [-0.2, -0.15) is 0 Å². The van der Waals surface area contributed by atoms with Gasteiger partial charge < -0.3 is 19.2 Å². The molecule has 0 aliphatic carbocycles. The minimum atomic E-state index is 0.459. The van der Waals surface area contributed by atoms with Gasteiger partial charge in [0.15, 0.2) is 5.89 Å². The van der Waals surface area contributed by atoms with Crippen molar-refractivity contribution in [2.45, 2.75) is 39.3 Å².